The van der Waals surface area contributed by atoms with Crippen LogP contribution in [0.5, 0.6) is 0 Å². The van der Waals surface area contributed by atoms with Crippen LogP contribution in [-0.4, -0.2) is 35.2 Å². The van der Waals surface area contributed by atoms with Crippen LogP contribution in [0.25, 0.3) is 0 Å². The van der Waals surface area contributed by atoms with Crippen molar-refractivity contribution in [2.45, 2.75) is 38.6 Å². The van der Waals surface area contributed by atoms with Crippen LogP contribution in [0.1, 0.15) is 53.3 Å². The molecule has 2 aliphatic rings. The highest BCUT2D eigenvalue weighted by Crippen LogP contribution is 2.32. The summed E-state index contributed by atoms with van der Waals surface area (Å²) in [6.07, 6.45) is 3.18. The lowest BCUT2D eigenvalue weighted by atomic mass is 10.1. The van der Waals surface area contributed by atoms with Crippen molar-refractivity contribution in [2.75, 3.05) is 6.54 Å². The Hall–Kier alpha value is -1.69. The minimum Gasteiger partial charge on any atom is -0.353 e. The molecule has 1 unspecified atom stereocenters. The van der Waals surface area contributed by atoms with Gasteiger partial charge < -0.3 is 5.32 Å². The number of hydrogen-bond acceptors (Lipinski definition) is 3. The van der Waals surface area contributed by atoms with Gasteiger partial charge in [0.15, 0.2) is 0 Å². The molecule has 1 saturated carbocycles. The van der Waals surface area contributed by atoms with E-state index in [1.807, 2.05) is 6.92 Å². The first-order chi connectivity index (χ1) is 11.0. The molecule has 23 heavy (non-hydrogen) atoms. The number of amides is 3. The predicted molar refractivity (Wildman–Crippen MR) is 89.1 cm³/mol. The zero-order valence-corrected chi connectivity index (χ0v) is 14.6. The Morgan fingerprint density at radius 1 is 1.30 bits per heavy atom. The van der Waals surface area contributed by atoms with E-state index in [-0.39, 0.29) is 30.3 Å². The van der Waals surface area contributed by atoms with Crippen LogP contribution in [0.4, 0.5) is 0 Å². The van der Waals surface area contributed by atoms with Crippen LogP contribution in [0.15, 0.2) is 22.7 Å². The maximum Gasteiger partial charge on any atom is 0.261 e. The third-order valence-electron chi connectivity index (χ3n) is 4.44. The van der Waals surface area contributed by atoms with Gasteiger partial charge in [-0.15, -0.1) is 0 Å². The number of fused-ring (bicyclic) bond motifs is 1. The van der Waals surface area contributed by atoms with Gasteiger partial charge in [0.05, 0.1) is 11.1 Å². The number of halogens is 1. The quantitative estimate of drug-likeness (QED) is 0.773. The lowest BCUT2D eigenvalue weighted by molar-refractivity contribution is -0.122. The maximum absolute atomic E-state index is 12.3. The van der Waals surface area contributed by atoms with Crippen molar-refractivity contribution in [3.8, 4) is 0 Å². The van der Waals surface area contributed by atoms with E-state index in [9.17, 15) is 14.4 Å². The predicted octanol–water partition coefficient (Wildman–Crippen LogP) is 2.74. The van der Waals surface area contributed by atoms with Gasteiger partial charge in [0.2, 0.25) is 5.91 Å². The summed E-state index contributed by atoms with van der Waals surface area (Å²) in [6.45, 7) is 2.30. The summed E-state index contributed by atoms with van der Waals surface area (Å²) >= 11 is 3.31. The zero-order chi connectivity index (χ0) is 16.6. The Kier molecular flexibility index (Phi) is 4.53. The third kappa shape index (κ3) is 3.47. The average Bonchev–Trinajstić information content (AvgIpc) is 3.32. The highest BCUT2D eigenvalue weighted by atomic mass is 79.9. The van der Waals surface area contributed by atoms with Crippen LogP contribution in [0, 0.1) is 5.92 Å². The maximum atomic E-state index is 12.3. The molecular formula is C17H19BrN2O3. The number of benzene rings is 1. The summed E-state index contributed by atoms with van der Waals surface area (Å²) in [5.41, 5.74) is 0.862. The fraction of sp³-hybridized carbons (Fsp3) is 0.471. The van der Waals surface area contributed by atoms with Gasteiger partial charge in [0.25, 0.3) is 11.8 Å². The van der Waals surface area contributed by atoms with Crippen molar-refractivity contribution in [1.82, 2.24) is 10.2 Å². The topological polar surface area (TPSA) is 66.5 Å². The van der Waals surface area contributed by atoms with E-state index in [2.05, 4.69) is 21.2 Å². The molecule has 1 aliphatic heterocycles. The molecule has 0 radical (unpaired) electrons. The van der Waals surface area contributed by atoms with Gasteiger partial charge in [-0.1, -0.05) is 15.9 Å². The second-order valence-electron chi connectivity index (χ2n) is 6.25. The summed E-state index contributed by atoms with van der Waals surface area (Å²) in [4.78, 5) is 37.7. The second-order valence-corrected chi connectivity index (χ2v) is 7.16. The highest BCUT2D eigenvalue weighted by molar-refractivity contribution is 9.10. The molecule has 1 heterocycles. The Morgan fingerprint density at radius 2 is 2.00 bits per heavy atom. The van der Waals surface area contributed by atoms with Crippen LogP contribution < -0.4 is 5.32 Å². The van der Waals surface area contributed by atoms with Crippen molar-refractivity contribution >= 4 is 33.7 Å². The largest absolute Gasteiger partial charge is 0.353 e. The summed E-state index contributed by atoms with van der Waals surface area (Å²) < 4.78 is 0.771. The summed E-state index contributed by atoms with van der Waals surface area (Å²) in [7, 11) is 0. The van der Waals surface area contributed by atoms with Crippen molar-refractivity contribution in [3.63, 3.8) is 0 Å². The van der Waals surface area contributed by atoms with E-state index in [0.717, 1.165) is 4.47 Å². The number of rotatable bonds is 6. The first-order valence-electron chi connectivity index (χ1n) is 7.92. The molecule has 0 bridgehead atoms. The number of carbonyl (C=O) groups is 3. The number of imide groups is 1. The molecule has 0 aromatic heterocycles. The van der Waals surface area contributed by atoms with Crippen molar-refractivity contribution < 1.29 is 14.4 Å². The van der Waals surface area contributed by atoms with Crippen molar-refractivity contribution in [1.29, 1.82) is 0 Å². The van der Waals surface area contributed by atoms with Crippen LogP contribution in [0.3, 0.4) is 0 Å². The SMILES string of the molecule is CC(NC(=O)CCCN1C(=O)c2ccc(Br)cc2C1=O)C1CC1. The molecule has 0 spiro atoms. The fourth-order valence-corrected chi connectivity index (χ4v) is 3.27. The number of carbonyl (C=O) groups excluding carboxylic acids is 3. The Balaban J connectivity index is 1.52. The third-order valence-corrected chi connectivity index (χ3v) is 4.93. The molecule has 1 aliphatic carbocycles. The van der Waals surface area contributed by atoms with E-state index in [1.165, 1.54) is 17.7 Å². The standard InChI is InChI=1S/C17H19BrN2O3/c1-10(11-4-5-11)19-15(21)3-2-8-20-16(22)13-7-6-12(18)9-14(13)17(20)23/h6-7,9-11H,2-5,8H2,1H3,(H,19,21). The van der Waals surface area contributed by atoms with E-state index in [0.29, 0.717) is 29.9 Å². The molecule has 1 aromatic carbocycles. The summed E-state index contributed by atoms with van der Waals surface area (Å²) in [6, 6.07) is 5.29. The molecular weight excluding hydrogens is 360 g/mol. The number of nitrogens with zero attached hydrogens (tertiary/aromatic N) is 1. The van der Waals surface area contributed by atoms with E-state index < -0.39 is 0 Å². The molecule has 1 aromatic rings. The highest BCUT2D eigenvalue weighted by Gasteiger charge is 2.35. The number of hydrogen-bond donors (Lipinski definition) is 1. The molecule has 122 valence electrons. The summed E-state index contributed by atoms with van der Waals surface area (Å²) in [5, 5.41) is 2.98. The van der Waals surface area contributed by atoms with E-state index >= 15 is 0 Å². The van der Waals surface area contributed by atoms with Gasteiger partial charge in [0.1, 0.15) is 0 Å². The van der Waals surface area contributed by atoms with E-state index in [4.69, 9.17) is 0 Å². The Morgan fingerprint density at radius 3 is 2.70 bits per heavy atom. The smallest absolute Gasteiger partial charge is 0.261 e. The average molecular weight is 379 g/mol. The minimum absolute atomic E-state index is 0.0104. The first kappa shape index (κ1) is 16.2. The van der Waals surface area contributed by atoms with Crippen molar-refractivity contribution in [2.24, 2.45) is 5.92 Å². The van der Waals surface area contributed by atoms with Gasteiger partial charge in [-0.05, 0) is 50.3 Å². The van der Waals surface area contributed by atoms with Crippen molar-refractivity contribution in [3.05, 3.63) is 33.8 Å². The second kappa shape index (κ2) is 6.43. The molecule has 6 heteroatoms. The lowest BCUT2D eigenvalue weighted by Crippen LogP contribution is -2.35. The zero-order valence-electron chi connectivity index (χ0n) is 13.0. The first-order valence-corrected chi connectivity index (χ1v) is 8.72. The molecule has 1 atom stereocenters. The van der Waals surface area contributed by atoms with Gasteiger partial charge in [-0.25, -0.2) is 0 Å². The van der Waals surface area contributed by atoms with Gasteiger partial charge in [-0.2, -0.15) is 0 Å². The van der Waals surface area contributed by atoms with Crippen LogP contribution in [0.2, 0.25) is 0 Å². The monoisotopic (exact) mass is 378 g/mol. The molecule has 3 amide bonds. The van der Waals surface area contributed by atoms with Gasteiger partial charge >= 0.3 is 0 Å². The Labute approximate surface area is 143 Å². The van der Waals surface area contributed by atoms with Crippen LogP contribution >= 0.6 is 15.9 Å². The lowest BCUT2D eigenvalue weighted by Gasteiger charge is -2.15. The molecule has 5 nitrogen and oxygen atoms in total. The van der Waals surface area contributed by atoms with E-state index in [1.54, 1.807) is 18.2 Å². The van der Waals surface area contributed by atoms with Crippen LogP contribution in [-0.2, 0) is 4.79 Å². The fourth-order valence-electron chi connectivity index (χ4n) is 2.90. The van der Waals surface area contributed by atoms with Gasteiger partial charge in [0, 0.05) is 23.5 Å². The minimum atomic E-state index is -0.280. The normalized spacial score (nSPS) is 18.1. The Bertz CT molecular complexity index is 670. The molecule has 1 fully saturated rings. The molecule has 0 saturated heterocycles. The number of nitrogens with one attached hydrogen (secondary N) is 1. The molecule has 1 N–H and O–H groups in total. The van der Waals surface area contributed by atoms with Gasteiger partial charge in [-0.3, -0.25) is 19.3 Å². The molecule has 3 rings (SSSR count). The summed E-state index contributed by atoms with van der Waals surface area (Å²) in [5.74, 6) is 0.0553.